The minimum atomic E-state index is -0.245. The van der Waals surface area contributed by atoms with Gasteiger partial charge in [0.1, 0.15) is 0 Å². The molecule has 0 aromatic heterocycles. The van der Waals surface area contributed by atoms with Gasteiger partial charge in [0.25, 0.3) is 0 Å². The summed E-state index contributed by atoms with van der Waals surface area (Å²) in [6.45, 7) is 1.94. The van der Waals surface area contributed by atoms with Crippen molar-refractivity contribution >= 4 is 12.2 Å². The summed E-state index contributed by atoms with van der Waals surface area (Å²) >= 11 is 0. The fraction of sp³-hybridized carbons (Fsp3) is 0.250. The summed E-state index contributed by atoms with van der Waals surface area (Å²) < 4.78 is 0. The lowest BCUT2D eigenvalue weighted by Crippen LogP contribution is -2.30. The average molecular weight is 165 g/mol. The Labute approximate surface area is 71.2 Å². The molecule has 12 heavy (non-hydrogen) atoms. The Balaban J connectivity index is 2.73. The summed E-state index contributed by atoms with van der Waals surface area (Å²) in [5.41, 5.74) is 1.06. The van der Waals surface area contributed by atoms with Crippen LogP contribution in [0, 0.1) is 0 Å². The van der Waals surface area contributed by atoms with Crippen LogP contribution >= 0.6 is 0 Å². The van der Waals surface area contributed by atoms with Gasteiger partial charge in [0.15, 0.2) is 0 Å². The van der Waals surface area contributed by atoms with Crippen LogP contribution in [0.25, 0.3) is 0 Å². The number of hydrazone groups is 1. The van der Waals surface area contributed by atoms with Crippen molar-refractivity contribution in [3.05, 3.63) is 23.9 Å². The molecular formula is C8H11N3O. The number of amides is 2. The monoisotopic (exact) mass is 165 g/mol. The predicted molar refractivity (Wildman–Crippen MR) is 47.7 cm³/mol. The van der Waals surface area contributed by atoms with Gasteiger partial charge in [-0.2, -0.15) is 10.1 Å². The quantitative estimate of drug-likeness (QED) is 0.573. The molecule has 0 saturated carbocycles. The van der Waals surface area contributed by atoms with Crippen molar-refractivity contribution in [1.82, 2.24) is 10.3 Å². The maximum Gasteiger partial charge on any atom is 0.341 e. The van der Waals surface area contributed by atoms with Gasteiger partial charge in [-0.05, 0) is 24.6 Å². The molecular weight excluding hydrogens is 154 g/mol. The number of carbonyl (C=O) groups excluding carboxylic acids is 1. The van der Waals surface area contributed by atoms with Crippen molar-refractivity contribution < 1.29 is 4.79 Å². The normalized spacial score (nSPS) is 15.5. The third-order valence-electron chi connectivity index (χ3n) is 1.43. The topological polar surface area (TPSA) is 44.7 Å². The summed E-state index contributed by atoms with van der Waals surface area (Å²) in [6, 6.07) is -0.245. The van der Waals surface area contributed by atoms with E-state index >= 15 is 0 Å². The van der Waals surface area contributed by atoms with Crippen LogP contribution < -0.4 is 5.32 Å². The smallest absolute Gasteiger partial charge is 0.339 e. The zero-order valence-electron chi connectivity index (χ0n) is 7.11. The molecule has 0 unspecified atom stereocenters. The lowest BCUT2D eigenvalue weighted by atomic mass is 10.3. The highest BCUT2D eigenvalue weighted by atomic mass is 16.2. The van der Waals surface area contributed by atoms with Crippen molar-refractivity contribution in [2.75, 3.05) is 7.05 Å². The van der Waals surface area contributed by atoms with E-state index in [2.05, 4.69) is 10.4 Å². The second-order valence-corrected chi connectivity index (χ2v) is 2.39. The fourth-order valence-corrected chi connectivity index (χ4v) is 0.740. The van der Waals surface area contributed by atoms with Crippen molar-refractivity contribution in [1.29, 1.82) is 0 Å². The summed E-state index contributed by atoms with van der Waals surface area (Å²) in [4.78, 5) is 11.1. The van der Waals surface area contributed by atoms with E-state index in [1.54, 1.807) is 19.5 Å². The van der Waals surface area contributed by atoms with Gasteiger partial charge in [-0.25, -0.2) is 4.79 Å². The van der Waals surface area contributed by atoms with Gasteiger partial charge in [-0.1, -0.05) is 0 Å². The highest BCUT2D eigenvalue weighted by Crippen LogP contribution is 2.01. The Morgan fingerprint density at radius 2 is 2.42 bits per heavy atom. The number of hydrogen-bond acceptors (Lipinski definition) is 2. The van der Waals surface area contributed by atoms with Crippen LogP contribution in [0.15, 0.2) is 29.0 Å². The summed E-state index contributed by atoms with van der Waals surface area (Å²) in [5.74, 6) is 0. The molecule has 4 heteroatoms. The van der Waals surface area contributed by atoms with Crippen LogP contribution in [0.4, 0.5) is 4.79 Å². The van der Waals surface area contributed by atoms with Gasteiger partial charge in [-0.3, -0.25) is 0 Å². The van der Waals surface area contributed by atoms with Crippen LogP contribution in [0.5, 0.6) is 0 Å². The molecule has 0 bridgehead atoms. The molecule has 1 aliphatic heterocycles. The average Bonchev–Trinajstić information content (AvgIpc) is 2.29. The zero-order valence-corrected chi connectivity index (χ0v) is 7.11. The minimum absolute atomic E-state index is 0.245. The Kier molecular flexibility index (Phi) is 2.63. The van der Waals surface area contributed by atoms with Gasteiger partial charge in [0, 0.05) is 19.5 Å². The summed E-state index contributed by atoms with van der Waals surface area (Å²) in [5, 5.41) is 7.60. The molecule has 4 nitrogen and oxygen atoms in total. The molecule has 0 aliphatic carbocycles. The SMILES string of the molecule is CNC(=O)N1C=CC(C)=CC=N1. The molecule has 1 rings (SSSR count). The first-order chi connectivity index (χ1) is 5.74. The maximum atomic E-state index is 11.1. The van der Waals surface area contributed by atoms with Gasteiger partial charge in [0.05, 0.1) is 0 Å². The van der Waals surface area contributed by atoms with Crippen LogP contribution in [0.2, 0.25) is 0 Å². The molecule has 1 aliphatic rings. The number of carbonyl (C=O) groups is 1. The molecule has 0 aromatic rings. The molecule has 1 heterocycles. The van der Waals surface area contributed by atoms with E-state index < -0.39 is 0 Å². The number of nitrogens with one attached hydrogen (secondary N) is 1. The van der Waals surface area contributed by atoms with Crippen molar-refractivity contribution in [2.24, 2.45) is 5.10 Å². The number of nitrogens with zero attached hydrogens (tertiary/aromatic N) is 2. The van der Waals surface area contributed by atoms with E-state index in [4.69, 9.17) is 0 Å². The van der Waals surface area contributed by atoms with Gasteiger partial charge >= 0.3 is 6.03 Å². The first kappa shape index (κ1) is 8.52. The second-order valence-electron chi connectivity index (χ2n) is 2.39. The third-order valence-corrected chi connectivity index (χ3v) is 1.43. The largest absolute Gasteiger partial charge is 0.341 e. The van der Waals surface area contributed by atoms with Crippen LogP contribution in [0.1, 0.15) is 6.92 Å². The summed E-state index contributed by atoms with van der Waals surface area (Å²) in [6.07, 6.45) is 6.86. The number of hydrogen-bond donors (Lipinski definition) is 1. The molecule has 0 atom stereocenters. The molecule has 0 radical (unpaired) electrons. The lowest BCUT2D eigenvalue weighted by Gasteiger charge is -2.09. The Hall–Kier alpha value is -1.58. The first-order valence-corrected chi connectivity index (χ1v) is 3.64. The molecule has 0 fully saturated rings. The highest BCUT2D eigenvalue weighted by molar-refractivity contribution is 5.79. The molecule has 1 N–H and O–H groups in total. The Bertz CT molecular complexity index is 265. The molecule has 64 valence electrons. The van der Waals surface area contributed by atoms with E-state index in [1.165, 1.54) is 5.01 Å². The summed E-state index contributed by atoms with van der Waals surface area (Å²) in [7, 11) is 1.57. The van der Waals surface area contributed by atoms with E-state index in [0.717, 1.165) is 5.57 Å². The number of rotatable bonds is 0. The van der Waals surface area contributed by atoms with Gasteiger partial charge < -0.3 is 5.32 Å². The zero-order chi connectivity index (χ0) is 8.97. The third kappa shape index (κ3) is 1.95. The minimum Gasteiger partial charge on any atom is -0.339 e. The predicted octanol–water partition coefficient (Wildman–Crippen LogP) is 1.09. The highest BCUT2D eigenvalue weighted by Gasteiger charge is 2.05. The fourth-order valence-electron chi connectivity index (χ4n) is 0.740. The Morgan fingerprint density at radius 3 is 3.08 bits per heavy atom. The van der Waals surface area contributed by atoms with Crippen LogP contribution in [-0.4, -0.2) is 24.3 Å². The van der Waals surface area contributed by atoms with Crippen molar-refractivity contribution in [3.8, 4) is 0 Å². The maximum absolute atomic E-state index is 11.1. The number of urea groups is 1. The first-order valence-electron chi connectivity index (χ1n) is 3.64. The Morgan fingerprint density at radius 1 is 1.67 bits per heavy atom. The van der Waals surface area contributed by atoms with Crippen LogP contribution in [0.3, 0.4) is 0 Å². The second kappa shape index (κ2) is 3.71. The van der Waals surface area contributed by atoms with Crippen molar-refractivity contribution in [3.63, 3.8) is 0 Å². The molecule has 0 aromatic carbocycles. The lowest BCUT2D eigenvalue weighted by molar-refractivity contribution is 0.219. The van der Waals surface area contributed by atoms with Gasteiger partial charge in [-0.15, -0.1) is 0 Å². The van der Waals surface area contributed by atoms with E-state index in [-0.39, 0.29) is 6.03 Å². The standard InChI is InChI=1S/C8H11N3O/c1-7-3-5-10-11(6-4-7)8(12)9-2/h3-6H,1-2H3,(H,9,12). The van der Waals surface area contributed by atoms with E-state index in [9.17, 15) is 4.79 Å². The van der Waals surface area contributed by atoms with Gasteiger partial charge in [0.2, 0.25) is 0 Å². The molecule has 0 spiro atoms. The number of allylic oxidation sites excluding steroid dienone is 3. The molecule has 2 amide bonds. The molecule has 0 saturated heterocycles. The van der Waals surface area contributed by atoms with E-state index in [1.807, 2.05) is 19.1 Å². The van der Waals surface area contributed by atoms with Crippen molar-refractivity contribution in [2.45, 2.75) is 6.92 Å². The van der Waals surface area contributed by atoms with Crippen LogP contribution in [-0.2, 0) is 0 Å². The van der Waals surface area contributed by atoms with E-state index in [0.29, 0.717) is 0 Å².